The van der Waals surface area contributed by atoms with Gasteiger partial charge in [-0.2, -0.15) is 5.53 Å². The number of benzene rings is 1. The number of carbonyl (C=O) groups excluding carboxylic acids is 1. The minimum Gasteiger partial charge on any atom is -0.495 e. The van der Waals surface area contributed by atoms with E-state index in [-0.39, 0.29) is 6.09 Å². The summed E-state index contributed by atoms with van der Waals surface area (Å²) in [6.07, 6.45) is -0.113. The molecule has 1 aromatic rings. The van der Waals surface area contributed by atoms with Crippen LogP contribution in [0.4, 0.5) is 10.5 Å². The Balaban J connectivity index is 2.26. The second kappa shape index (κ2) is 7.98. The van der Waals surface area contributed by atoms with Gasteiger partial charge < -0.3 is 20.5 Å². The standard InChI is InChI=1S/C16H28N6O3/c1-16(7-8-19-2)10-22(15(23)25-16)12-6-5-11(9-13(12)24-4)14(17)21(3)20-18/h5-6,9,14,19-20H,7-8,10,17-18H2,1-4H3. The largest absolute Gasteiger partial charge is 0.495 e. The number of nitrogens with zero attached hydrogens (tertiary/aromatic N) is 2. The normalized spacial score (nSPS) is 21.6. The third-order valence-electron chi connectivity index (χ3n) is 4.41. The summed E-state index contributed by atoms with van der Waals surface area (Å²) in [6, 6.07) is 5.45. The number of carbonyl (C=O) groups is 1. The van der Waals surface area contributed by atoms with Crippen LogP contribution in [-0.4, -0.2) is 51.0 Å². The summed E-state index contributed by atoms with van der Waals surface area (Å²) in [5.74, 6) is 5.94. The van der Waals surface area contributed by atoms with Gasteiger partial charge in [-0.15, -0.1) is 0 Å². The van der Waals surface area contributed by atoms with Gasteiger partial charge in [0, 0.05) is 13.5 Å². The molecule has 0 bridgehead atoms. The second-order valence-electron chi connectivity index (χ2n) is 6.37. The average Bonchev–Trinajstić information content (AvgIpc) is 2.92. The summed E-state index contributed by atoms with van der Waals surface area (Å²) in [5, 5.41) is 4.64. The molecule has 140 valence electrons. The Labute approximate surface area is 148 Å². The van der Waals surface area contributed by atoms with Crippen molar-refractivity contribution in [1.82, 2.24) is 15.9 Å². The predicted octanol–water partition coefficient (Wildman–Crippen LogP) is 0.287. The number of hydrogen-bond acceptors (Lipinski definition) is 8. The number of anilines is 1. The van der Waals surface area contributed by atoms with Crippen LogP contribution in [0.2, 0.25) is 0 Å². The summed E-state index contributed by atoms with van der Waals surface area (Å²) in [6.45, 7) is 3.15. The average molecular weight is 352 g/mol. The Bertz CT molecular complexity index is 614. The van der Waals surface area contributed by atoms with E-state index < -0.39 is 11.8 Å². The van der Waals surface area contributed by atoms with Gasteiger partial charge in [0.2, 0.25) is 0 Å². The van der Waals surface area contributed by atoms with E-state index in [0.29, 0.717) is 18.0 Å². The van der Waals surface area contributed by atoms with Crippen molar-refractivity contribution in [3.63, 3.8) is 0 Å². The Kier molecular flexibility index (Phi) is 6.20. The lowest BCUT2D eigenvalue weighted by molar-refractivity contribution is 0.0657. The molecule has 0 saturated carbocycles. The zero-order valence-electron chi connectivity index (χ0n) is 15.2. The lowest BCUT2D eigenvalue weighted by Crippen LogP contribution is -2.45. The van der Waals surface area contributed by atoms with Crippen molar-refractivity contribution < 1.29 is 14.3 Å². The van der Waals surface area contributed by atoms with Crippen LogP contribution < -0.4 is 32.1 Å². The molecule has 2 atom stereocenters. The molecule has 1 saturated heterocycles. The van der Waals surface area contributed by atoms with Gasteiger partial charge in [0.15, 0.2) is 0 Å². The van der Waals surface area contributed by atoms with E-state index >= 15 is 0 Å². The Hall–Kier alpha value is -1.91. The predicted molar refractivity (Wildman–Crippen MR) is 95.8 cm³/mol. The molecule has 1 aliphatic heterocycles. The van der Waals surface area contributed by atoms with Gasteiger partial charge in [0.1, 0.15) is 11.4 Å². The first-order valence-electron chi connectivity index (χ1n) is 8.13. The van der Waals surface area contributed by atoms with Gasteiger partial charge in [0.25, 0.3) is 0 Å². The topological polar surface area (TPSA) is 118 Å². The van der Waals surface area contributed by atoms with E-state index in [9.17, 15) is 4.79 Å². The maximum Gasteiger partial charge on any atom is 0.415 e. The van der Waals surface area contributed by atoms with Crippen LogP contribution in [0.1, 0.15) is 25.1 Å². The van der Waals surface area contributed by atoms with E-state index in [0.717, 1.165) is 18.5 Å². The number of nitrogens with one attached hydrogen (secondary N) is 2. The number of amides is 1. The van der Waals surface area contributed by atoms with Crippen molar-refractivity contribution in [3.05, 3.63) is 23.8 Å². The second-order valence-corrected chi connectivity index (χ2v) is 6.37. The fourth-order valence-corrected chi connectivity index (χ4v) is 2.81. The molecule has 9 heteroatoms. The minimum atomic E-state index is -0.538. The number of cyclic esters (lactones) is 1. The molecule has 0 spiro atoms. The maximum absolute atomic E-state index is 12.4. The van der Waals surface area contributed by atoms with Crippen LogP contribution in [0.3, 0.4) is 0 Å². The molecule has 1 aliphatic rings. The summed E-state index contributed by atoms with van der Waals surface area (Å²) >= 11 is 0. The molecule has 25 heavy (non-hydrogen) atoms. The molecule has 1 aromatic carbocycles. The summed E-state index contributed by atoms with van der Waals surface area (Å²) < 4.78 is 11.1. The SMILES string of the molecule is CNCCC1(C)CN(c2ccc(C(N)N(C)NN)cc2OC)C(=O)O1. The van der Waals surface area contributed by atoms with Crippen LogP contribution in [0.25, 0.3) is 0 Å². The van der Waals surface area contributed by atoms with Crippen molar-refractivity contribution in [2.24, 2.45) is 11.6 Å². The van der Waals surface area contributed by atoms with E-state index in [4.69, 9.17) is 21.1 Å². The number of ether oxygens (including phenoxy) is 2. The monoisotopic (exact) mass is 352 g/mol. The Morgan fingerprint density at radius 1 is 1.52 bits per heavy atom. The number of methoxy groups -OCH3 is 1. The van der Waals surface area contributed by atoms with Crippen molar-refractivity contribution >= 4 is 11.8 Å². The smallest absolute Gasteiger partial charge is 0.415 e. The lowest BCUT2D eigenvalue weighted by Gasteiger charge is -2.25. The number of nitrogens with two attached hydrogens (primary N) is 2. The molecule has 6 N–H and O–H groups in total. The fraction of sp³-hybridized carbons (Fsp3) is 0.562. The van der Waals surface area contributed by atoms with E-state index in [2.05, 4.69) is 10.9 Å². The zero-order chi connectivity index (χ0) is 18.6. The first-order valence-corrected chi connectivity index (χ1v) is 8.13. The van der Waals surface area contributed by atoms with Gasteiger partial charge in [0.05, 0.1) is 25.5 Å². The Morgan fingerprint density at radius 2 is 2.24 bits per heavy atom. The molecule has 1 heterocycles. The summed E-state index contributed by atoms with van der Waals surface area (Å²) in [7, 11) is 5.16. The molecule has 9 nitrogen and oxygen atoms in total. The third kappa shape index (κ3) is 4.20. The number of hydrazine groups is 2. The first-order chi connectivity index (χ1) is 11.8. The quantitative estimate of drug-likeness (QED) is 0.299. The summed E-state index contributed by atoms with van der Waals surface area (Å²) in [4.78, 5) is 14.0. The maximum atomic E-state index is 12.4. The highest BCUT2D eigenvalue weighted by molar-refractivity contribution is 5.92. The van der Waals surface area contributed by atoms with Gasteiger partial charge in [-0.25, -0.2) is 9.80 Å². The highest BCUT2D eigenvalue weighted by Gasteiger charge is 2.42. The fourth-order valence-electron chi connectivity index (χ4n) is 2.81. The van der Waals surface area contributed by atoms with Crippen LogP contribution in [-0.2, 0) is 4.74 Å². The van der Waals surface area contributed by atoms with Crippen LogP contribution in [0.15, 0.2) is 18.2 Å². The third-order valence-corrected chi connectivity index (χ3v) is 4.41. The van der Waals surface area contributed by atoms with Crippen LogP contribution in [0.5, 0.6) is 5.75 Å². The van der Waals surface area contributed by atoms with E-state index in [1.807, 2.05) is 26.1 Å². The van der Waals surface area contributed by atoms with Crippen molar-refractivity contribution in [2.75, 3.05) is 39.2 Å². The highest BCUT2D eigenvalue weighted by atomic mass is 16.6. The molecular formula is C16H28N6O3. The van der Waals surface area contributed by atoms with E-state index in [1.54, 1.807) is 30.1 Å². The number of rotatable bonds is 8. The van der Waals surface area contributed by atoms with Crippen molar-refractivity contribution in [2.45, 2.75) is 25.1 Å². The van der Waals surface area contributed by atoms with Gasteiger partial charge in [-0.3, -0.25) is 10.7 Å². The van der Waals surface area contributed by atoms with Gasteiger partial charge in [-0.1, -0.05) is 6.07 Å². The van der Waals surface area contributed by atoms with Crippen LogP contribution in [0, 0.1) is 0 Å². The minimum absolute atomic E-state index is 0.380. The molecule has 2 unspecified atom stereocenters. The molecule has 0 radical (unpaired) electrons. The first kappa shape index (κ1) is 19.4. The van der Waals surface area contributed by atoms with E-state index in [1.165, 1.54) is 0 Å². The molecule has 0 aliphatic carbocycles. The van der Waals surface area contributed by atoms with Crippen molar-refractivity contribution in [3.8, 4) is 5.75 Å². The molecule has 1 fully saturated rings. The summed E-state index contributed by atoms with van der Waals surface area (Å²) in [5.41, 5.74) is 9.51. The molecular weight excluding hydrogens is 324 g/mol. The molecule has 2 rings (SSSR count). The zero-order valence-corrected chi connectivity index (χ0v) is 15.2. The highest BCUT2D eigenvalue weighted by Crippen LogP contribution is 2.37. The lowest BCUT2D eigenvalue weighted by atomic mass is 10.0. The van der Waals surface area contributed by atoms with Gasteiger partial charge in [-0.05, 0) is 38.2 Å². The molecule has 1 amide bonds. The molecule has 0 aromatic heterocycles. The van der Waals surface area contributed by atoms with Crippen molar-refractivity contribution in [1.29, 1.82) is 0 Å². The van der Waals surface area contributed by atoms with Crippen LogP contribution >= 0.6 is 0 Å². The Morgan fingerprint density at radius 3 is 2.84 bits per heavy atom. The number of hydrogen-bond donors (Lipinski definition) is 4. The van der Waals surface area contributed by atoms with Gasteiger partial charge >= 0.3 is 6.09 Å².